The van der Waals surface area contributed by atoms with Crippen molar-refractivity contribution < 1.29 is 11.0 Å². The van der Waals surface area contributed by atoms with Crippen LogP contribution in [0.3, 0.4) is 0 Å². The van der Waals surface area contributed by atoms with Gasteiger partial charge in [0.1, 0.15) is 5.82 Å². The summed E-state index contributed by atoms with van der Waals surface area (Å²) in [5.41, 5.74) is 4.79. The normalized spacial score (nSPS) is 14.1. The molecule has 0 spiro atoms. The van der Waals surface area contributed by atoms with Crippen LogP contribution in [0, 0.1) is 0 Å². The lowest BCUT2D eigenvalue weighted by Gasteiger charge is -2.20. The van der Waals surface area contributed by atoms with Crippen LogP contribution >= 0.6 is 0 Å². The Morgan fingerprint density at radius 2 is 1.02 bits per heavy atom. The van der Waals surface area contributed by atoms with Crippen LogP contribution in [0.2, 0.25) is 0 Å². The molecule has 0 saturated heterocycles. The summed E-state index contributed by atoms with van der Waals surface area (Å²) >= 11 is 0. The van der Waals surface area contributed by atoms with Gasteiger partial charge in [0.25, 0.3) is 0 Å². The predicted octanol–water partition coefficient (Wildman–Crippen LogP) is 10.3. The van der Waals surface area contributed by atoms with E-state index < -0.39 is 24.2 Å². The van der Waals surface area contributed by atoms with Crippen molar-refractivity contribution in [2.24, 2.45) is 0 Å². The standard InChI is InChI=1S/C39H26N2/c1-3-14-27(15-4-1)29-18-13-19-30(26-29)37-31-20-7-9-22-33(31)38(34-23-10-8-21-32(34)37)41-36-25-12-11-24-35(36)40-39(41)28-16-5-2-6-17-28/h1-26H/i7D,8D,9D,10D,20D,21D,22D,23D. The van der Waals surface area contributed by atoms with Crippen LogP contribution < -0.4 is 0 Å². The number of para-hydroxylation sites is 2. The molecule has 41 heavy (non-hydrogen) atoms. The van der Waals surface area contributed by atoms with Crippen LogP contribution in [0.5, 0.6) is 0 Å². The summed E-state index contributed by atoms with van der Waals surface area (Å²) in [6.45, 7) is 0. The van der Waals surface area contributed by atoms with E-state index in [0.717, 1.165) is 16.7 Å². The number of imidazole rings is 1. The van der Waals surface area contributed by atoms with Crippen molar-refractivity contribution in [2.45, 2.75) is 0 Å². The highest BCUT2D eigenvalue weighted by Crippen LogP contribution is 2.43. The number of fused-ring (bicyclic) bond motifs is 3. The Balaban J connectivity index is 1.68. The summed E-state index contributed by atoms with van der Waals surface area (Å²) in [5, 5.41) is 0.564. The van der Waals surface area contributed by atoms with Gasteiger partial charge in [-0.25, -0.2) is 4.98 Å². The average Bonchev–Trinajstić information content (AvgIpc) is 3.53. The maximum atomic E-state index is 9.37. The van der Waals surface area contributed by atoms with E-state index in [9.17, 15) is 5.48 Å². The van der Waals surface area contributed by atoms with E-state index in [4.69, 9.17) is 10.5 Å². The highest BCUT2D eigenvalue weighted by Gasteiger charge is 2.21. The number of nitrogens with zero attached hydrogens (tertiary/aromatic N) is 2. The van der Waals surface area contributed by atoms with Gasteiger partial charge in [-0.1, -0.05) is 139 Å². The zero-order valence-corrected chi connectivity index (χ0v) is 21.8. The minimum Gasteiger partial charge on any atom is -0.291 e. The third-order valence-corrected chi connectivity index (χ3v) is 7.42. The Labute approximate surface area is 250 Å². The highest BCUT2D eigenvalue weighted by molar-refractivity contribution is 6.19. The number of benzene rings is 7. The molecule has 0 saturated carbocycles. The fourth-order valence-corrected chi connectivity index (χ4v) is 5.64. The molecule has 1 heterocycles. The lowest BCUT2D eigenvalue weighted by Crippen LogP contribution is -2.01. The molecule has 0 fully saturated rings. The van der Waals surface area contributed by atoms with Crippen LogP contribution in [-0.4, -0.2) is 9.55 Å². The van der Waals surface area contributed by atoms with Gasteiger partial charge in [-0.3, -0.25) is 4.57 Å². The second-order valence-electron chi connectivity index (χ2n) is 9.80. The van der Waals surface area contributed by atoms with Crippen LogP contribution in [-0.2, 0) is 0 Å². The largest absolute Gasteiger partial charge is 0.291 e. The van der Waals surface area contributed by atoms with Gasteiger partial charge in [0, 0.05) is 16.3 Å². The molecule has 0 atom stereocenters. The molecule has 8 rings (SSSR count). The quantitative estimate of drug-likeness (QED) is 0.207. The van der Waals surface area contributed by atoms with E-state index in [-0.39, 0.29) is 51.4 Å². The van der Waals surface area contributed by atoms with Crippen molar-refractivity contribution in [3.8, 4) is 39.3 Å². The Morgan fingerprint density at radius 1 is 0.488 bits per heavy atom. The molecule has 0 radical (unpaired) electrons. The summed E-state index contributed by atoms with van der Waals surface area (Å²) < 4.78 is 74.3. The Morgan fingerprint density at radius 3 is 1.71 bits per heavy atom. The van der Waals surface area contributed by atoms with E-state index in [1.165, 1.54) is 0 Å². The summed E-state index contributed by atoms with van der Waals surface area (Å²) in [4.78, 5) is 4.96. The minimum absolute atomic E-state index is 0.129. The molecule has 1 aromatic heterocycles. The molecule has 0 aliphatic heterocycles. The van der Waals surface area contributed by atoms with Crippen LogP contribution in [0.4, 0.5) is 0 Å². The first-order valence-electron chi connectivity index (χ1n) is 17.3. The molecule has 0 bridgehead atoms. The van der Waals surface area contributed by atoms with Gasteiger partial charge in [-0.15, -0.1) is 0 Å². The highest BCUT2D eigenvalue weighted by atomic mass is 15.1. The van der Waals surface area contributed by atoms with Gasteiger partial charge >= 0.3 is 0 Å². The summed E-state index contributed by atoms with van der Waals surface area (Å²) in [6.07, 6.45) is 0. The maximum Gasteiger partial charge on any atom is 0.145 e. The maximum absolute atomic E-state index is 9.37. The van der Waals surface area contributed by atoms with E-state index in [1.54, 1.807) is 4.57 Å². The second kappa shape index (κ2) is 9.62. The predicted molar refractivity (Wildman–Crippen MR) is 172 cm³/mol. The van der Waals surface area contributed by atoms with Crippen molar-refractivity contribution in [3.63, 3.8) is 0 Å². The van der Waals surface area contributed by atoms with Gasteiger partial charge in [0.2, 0.25) is 0 Å². The first-order valence-corrected chi connectivity index (χ1v) is 13.3. The van der Waals surface area contributed by atoms with Crippen molar-refractivity contribution in [1.29, 1.82) is 0 Å². The minimum atomic E-state index is -0.450. The number of hydrogen-bond acceptors (Lipinski definition) is 1. The van der Waals surface area contributed by atoms with Gasteiger partial charge in [0.15, 0.2) is 0 Å². The lowest BCUT2D eigenvalue weighted by molar-refractivity contribution is 1.13. The molecule has 0 aliphatic rings. The average molecular weight is 531 g/mol. The number of rotatable bonds is 4. The zero-order valence-electron chi connectivity index (χ0n) is 29.8. The molecule has 0 aliphatic carbocycles. The van der Waals surface area contributed by atoms with Gasteiger partial charge in [-0.05, 0) is 51.2 Å². The molecule has 0 amide bonds. The zero-order chi connectivity index (χ0) is 34.1. The number of aromatic nitrogens is 2. The molecule has 0 unspecified atom stereocenters. The van der Waals surface area contributed by atoms with E-state index >= 15 is 0 Å². The number of hydrogen-bond donors (Lipinski definition) is 0. The molecule has 0 N–H and O–H groups in total. The molecule has 2 heteroatoms. The third-order valence-electron chi connectivity index (χ3n) is 7.42. The first kappa shape index (κ1) is 16.6. The molecule has 7 aromatic carbocycles. The third kappa shape index (κ3) is 3.84. The second-order valence-corrected chi connectivity index (χ2v) is 9.80. The van der Waals surface area contributed by atoms with Crippen LogP contribution in [0.1, 0.15) is 11.0 Å². The molecule has 192 valence electrons. The molecule has 2 nitrogen and oxygen atoms in total. The molecule has 8 aromatic rings. The van der Waals surface area contributed by atoms with Crippen LogP contribution in [0.25, 0.3) is 71.9 Å². The fourth-order valence-electron chi connectivity index (χ4n) is 5.64. The summed E-state index contributed by atoms with van der Waals surface area (Å²) in [7, 11) is 0. The van der Waals surface area contributed by atoms with Gasteiger partial charge in [0.05, 0.1) is 27.7 Å². The van der Waals surface area contributed by atoms with Crippen molar-refractivity contribution in [3.05, 3.63) is 158 Å². The Hall–Kier alpha value is -5.47. The Kier molecular flexibility index (Phi) is 3.89. The van der Waals surface area contributed by atoms with Gasteiger partial charge in [-0.2, -0.15) is 0 Å². The van der Waals surface area contributed by atoms with Gasteiger partial charge < -0.3 is 0 Å². The fraction of sp³-hybridized carbons (Fsp3) is 0. The van der Waals surface area contributed by atoms with E-state index in [2.05, 4.69) is 0 Å². The van der Waals surface area contributed by atoms with Crippen molar-refractivity contribution in [2.75, 3.05) is 0 Å². The van der Waals surface area contributed by atoms with Crippen molar-refractivity contribution in [1.82, 2.24) is 9.55 Å². The van der Waals surface area contributed by atoms with Crippen molar-refractivity contribution >= 4 is 32.6 Å². The topological polar surface area (TPSA) is 17.8 Å². The molecular formula is C39H26N2. The summed E-state index contributed by atoms with van der Waals surface area (Å²) in [5.74, 6) is 0.461. The Bertz CT molecular complexity index is 2550. The summed E-state index contributed by atoms with van der Waals surface area (Å²) in [6, 6.07) is 30.9. The van der Waals surface area contributed by atoms with Crippen LogP contribution in [0.15, 0.2) is 158 Å². The smallest absolute Gasteiger partial charge is 0.145 e. The molecular weight excluding hydrogens is 496 g/mol. The van der Waals surface area contributed by atoms with E-state index in [1.807, 2.05) is 109 Å². The SMILES string of the molecule is [2H]c1c([2H])c([2H])c2c(-n3c(-c4ccccc4)nc4ccccc43)c3c([2H])c([2H])c([2H])c([2H])c3c(-c3cccc(-c4ccccc4)c3)c2c1[2H]. The first-order chi connectivity index (χ1) is 23.7. The van der Waals surface area contributed by atoms with E-state index in [0.29, 0.717) is 28.0 Å². The monoisotopic (exact) mass is 530 g/mol. The lowest BCUT2D eigenvalue weighted by atomic mass is 9.89.